The zero-order valence-electron chi connectivity index (χ0n) is 16.7. The van der Waals surface area contributed by atoms with Gasteiger partial charge in [0.25, 0.3) is 0 Å². The second-order valence-electron chi connectivity index (χ2n) is 7.24. The first-order valence-corrected chi connectivity index (χ1v) is 10.7. The van der Waals surface area contributed by atoms with Gasteiger partial charge in [-0.15, -0.1) is 0 Å². The molecule has 0 spiro atoms. The molecule has 3 aromatic rings. The fourth-order valence-electron chi connectivity index (χ4n) is 3.93. The van der Waals surface area contributed by atoms with Crippen LogP contribution in [0.4, 0.5) is 5.82 Å². The monoisotopic (exact) mass is 463 g/mol. The summed E-state index contributed by atoms with van der Waals surface area (Å²) in [7, 11) is 1.64. The lowest BCUT2D eigenvalue weighted by Gasteiger charge is -2.21. The van der Waals surface area contributed by atoms with Crippen molar-refractivity contribution in [2.75, 3.05) is 12.8 Å². The first kappa shape index (κ1) is 20.2. The quantitative estimate of drug-likeness (QED) is 0.545. The summed E-state index contributed by atoms with van der Waals surface area (Å²) in [5, 5.41) is 9.75. The van der Waals surface area contributed by atoms with Gasteiger partial charge in [0.15, 0.2) is 0 Å². The summed E-state index contributed by atoms with van der Waals surface area (Å²) in [6, 6.07) is 15.9. The molecule has 6 heteroatoms. The molecule has 30 heavy (non-hydrogen) atoms. The maximum absolute atomic E-state index is 9.75. The zero-order chi connectivity index (χ0) is 21.1. The van der Waals surface area contributed by atoms with Gasteiger partial charge < -0.3 is 15.2 Å². The number of ether oxygens (including phenoxy) is 2. The summed E-state index contributed by atoms with van der Waals surface area (Å²) in [5.74, 6) is 1.78. The molecule has 1 aliphatic rings. The predicted molar refractivity (Wildman–Crippen MR) is 120 cm³/mol. The van der Waals surface area contributed by atoms with E-state index in [4.69, 9.17) is 15.2 Å². The van der Waals surface area contributed by atoms with Crippen molar-refractivity contribution in [1.82, 2.24) is 4.98 Å². The Morgan fingerprint density at radius 2 is 1.93 bits per heavy atom. The molecule has 0 unspecified atom stereocenters. The summed E-state index contributed by atoms with van der Waals surface area (Å²) < 4.78 is 12.5. The second-order valence-corrected chi connectivity index (χ2v) is 8.09. The number of rotatable bonds is 5. The molecule has 152 valence electrons. The summed E-state index contributed by atoms with van der Waals surface area (Å²) >= 11 is 3.50. The Kier molecular flexibility index (Phi) is 5.91. The van der Waals surface area contributed by atoms with E-state index in [0.717, 1.165) is 63.9 Å². The highest BCUT2D eigenvalue weighted by atomic mass is 79.9. The number of nitrogens with zero attached hydrogens (tertiary/aromatic N) is 2. The van der Waals surface area contributed by atoms with E-state index in [1.54, 1.807) is 7.11 Å². The molecular formula is C24H22BrN3O2. The van der Waals surface area contributed by atoms with Crippen molar-refractivity contribution in [1.29, 1.82) is 5.26 Å². The van der Waals surface area contributed by atoms with Gasteiger partial charge in [0.1, 0.15) is 35.6 Å². The second kappa shape index (κ2) is 8.76. The van der Waals surface area contributed by atoms with Gasteiger partial charge in [-0.1, -0.05) is 24.3 Å². The van der Waals surface area contributed by atoms with E-state index in [1.165, 1.54) is 0 Å². The maximum Gasteiger partial charge on any atom is 0.142 e. The van der Waals surface area contributed by atoms with Crippen LogP contribution in [0.15, 0.2) is 46.9 Å². The average molecular weight is 464 g/mol. The van der Waals surface area contributed by atoms with E-state index in [2.05, 4.69) is 27.0 Å². The Balaban J connectivity index is 1.73. The van der Waals surface area contributed by atoms with Crippen molar-refractivity contribution in [3.05, 3.63) is 69.3 Å². The molecule has 0 atom stereocenters. The van der Waals surface area contributed by atoms with Crippen LogP contribution in [0.25, 0.3) is 11.1 Å². The van der Waals surface area contributed by atoms with Crippen LogP contribution in [0, 0.1) is 11.3 Å². The minimum absolute atomic E-state index is 0.299. The van der Waals surface area contributed by atoms with Crippen molar-refractivity contribution < 1.29 is 9.47 Å². The fraction of sp³-hybridized carbons (Fsp3) is 0.250. The average Bonchev–Trinajstić information content (AvgIpc) is 2.77. The topological polar surface area (TPSA) is 81.2 Å². The largest absolute Gasteiger partial charge is 0.496 e. The van der Waals surface area contributed by atoms with E-state index in [-0.39, 0.29) is 0 Å². The van der Waals surface area contributed by atoms with Crippen LogP contribution in [0.5, 0.6) is 11.5 Å². The molecule has 2 aromatic carbocycles. The van der Waals surface area contributed by atoms with E-state index >= 15 is 0 Å². The van der Waals surface area contributed by atoms with Gasteiger partial charge in [-0.05, 0) is 70.9 Å². The fourth-order valence-corrected chi connectivity index (χ4v) is 4.33. The Morgan fingerprint density at radius 3 is 2.70 bits per heavy atom. The molecular weight excluding hydrogens is 442 g/mol. The van der Waals surface area contributed by atoms with Gasteiger partial charge in [0.05, 0.1) is 11.6 Å². The molecule has 0 saturated carbocycles. The number of anilines is 1. The van der Waals surface area contributed by atoms with Gasteiger partial charge in [0.2, 0.25) is 0 Å². The number of hydrogen-bond acceptors (Lipinski definition) is 5. The number of nitrogen functional groups attached to an aromatic ring is 1. The molecule has 0 radical (unpaired) electrons. The van der Waals surface area contributed by atoms with Gasteiger partial charge >= 0.3 is 0 Å². The van der Waals surface area contributed by atoms with Gasteiger partial charge in [-0.2, -0.15) is 5.26 Å². The van der Waals surface area contributed by atoms with Crippen molar-refractivity contribution in [2.24, 2.45) is 0 Å². The number of pyridine rings is 1. The number of aryl methyl sites for hydroxylation is 1. The third-order valence-electron chi connectivity index (χ3n) is 5.41. The highest BCUT2D eigenvalue weighted by molar-refractivity contribution is 9.10. The van der Waals surface area contributed by atoms with Crippen LogP contribution >= 0.6 is 15.9 Å². The Morgan fingerprint density at radius 1 is 1.13 bits per heavy atom. The molecule has 0 saturated heterocycles. The lowest BCUT2D eigenvalue weighted by Crippen LogP contribution is -2.12. The molecule has 5 nitrogen and oxygen atoms in total. The molecule has 0 fully saturated rings. The summed E-state index contributed by atoms with van der Waals surface area (Å²) in [4.78, 5) is 4.50. The van der Waals surface area contributed by atoms with E-state index in [0.29, 0.717) is 23.7 Å². The predicted octanol–water partition coefficient (Wildman–Crippen LogP) is 5.43. The summed E-state index contributed by atoms with van der Waals surface area (Å²) in [6.45, 7) is 0.369. The van der Waals surface area contributed by atoms with Crippen LogP contribution < -0.4 is 15.2 Å². The smallest absolute Gasteiger partial charge is 0.142 e. The van der Waals surface area contributed by atoms with Crippen LogP contribution in [0.2, 0.25) is 0 Å². The summed E-state index contributed by atoms with van der Waals surface area (Å²) in [6.07, 6.45) is 3.99. The Hall–Kier alpha value is -3.04. The number of methoxy groups -OCH3 is 1. The number of benzene rings is 2. The Bertz CT molecular complexity index is 1140. The number of aromatic nitrogens is 1. The highest BCUT2D eigenvalue weighted by Gasteiger charge is 2.22. The molecule has 0 bridgehead atoms. The molecule has 1 aromatic heterocycles. The molecule has 0 amide bonds. The maximum atomic E-state index is 9.75. The van der Waals surface area contributed by atoms with Crippen molar-refractivity contribution in [3.63, 3.8) is 0 Å². The molecule has 0 aliphatic heterocycles. The first-order chi connectivity index (χ1) is 14.6. The minimum atomic E-state index is 0.299. The van der Waals surface area contributed by atoms with Crippen LogP contribution in [-0.4, -0.2) is 12.1 Å². The highest BCUT2D eigenvalue weighted by Crippen LogP contribution is 2.38. The number of nitrogens with two attached hydrogens (primary N) is 1. The van der Waals surface area contributed by atoms with Gasteiger partial charge in [-0.3, -0.25) is 0 Å². The van der Waals surface area contributed by atoms with E-state index in [9.17, 15) is 5.26 Å². The normalized spacial score (nSPS) is 12.7. The number of fused-ring (bicyclic) bond motifs is 1. The van der Waals surface area contributed by atoms with Gasteiger partial charge in [0, 0.05) is 16.8 Å². The summed E-state index contributed by atoms with van der Waals surface area (Å²) in [5.41, 5.74) is 11.4. The van der Waals surface area contributed by atoms with E-state index in [1.807, 2.05) is 42.5 Å². The van der Waals surface area contributed by atoms with Gasteiger partial charge in [-0.25, -0.2) is 4.98 Å². The number of hydrogen-bond donors (Lipinski definition) is 1. The van der Waals surface area contributed by atoms with Crippen molar-refractivity contribution in [3.8, 4) is 28.7 Å². The number of halogens is 1. The number of para-hydroxylation sites is 1. The third-order valence-corrected chi connectivity index (χ3v) is 6.06. The molecule has 2 N–H and O–H groups in total. The standard InChI is InChI=1S/C24H22BrN3O2/c1-29-22-12-15(10-11-16(22)14-30-21-9-5-3-7-19(21)25)23-17-6-2-4-8-20(17)28-24(27)18(23)13-26/h3,5,7,9-12H,2,4,6,8,14H2,1H3,(H2,27,28). The molecule has 4 rings (SSSR count). The van der Waals surface area contributed by atoms with Crippen LogP contribution in [0.1, 0.15) is 35.2 Å². The van der Waals surface area contributed by atoms with Crippen LogP contribution in [-0.2, 0) is 19.4 Å². The first-order valence-electron chi connectivity index (χ1n) is 9.88. The SMILES string of the molecule is COc1cc(-c2c(C#N)c(N)nc3c2CCCC3)ccc1COc1ccccc1Br. The van der Waals surface area contributed by atoms with E-state index < -0.39 is 0 Å². The zero-order valence-corrected chi connectivity index (χ0v) is 18.3. The lowest BCUT2D eigenvalue weighted by atomic mass is 9.86. The van der Waals surface area contributed by atoms with Crippen molar-refractivity contribution >= 4 is 21.7 Å². The number of nitriles is 1. The van der Waals surface area contributed by atoms with Crippen LogP contribution in [0.3, 0.4) is 0 Å². The van der Waals surface area contributed by atoms with Crippen molar-refractivity contribution in [2.45, 2.75) is 32.3 Å². The lowest BCUT2D eigenvalue weighted by molar-refractivity contribution is 0.295. The molecule has 1 heterocycles. The third kappa shape index (κ3) is 3.86. The minimum Gasteiger partial charge on any atom is -0.496 e. The molecule has 1 aliphatic carbocycles. The Labute approximate surface area is 184 Å².